The van der Waals surface area contributed by atoms with E-state index in [0.29, 0.717) is 31.2 Å². The number of carbonyl (C=O) groups is 2. The smallest absolute Gasteiger partial charge is 0.327 e. The second-order valence-electron chi connectivity index (χ2n) is 7.62. The fourth-order valence-electron chi connectivity index (χ4n) is 3.72. The van der Waals surface area contributed by atoms with Gasteiger partial charge in [-0.15, -0.1) is 0 Å². The molecule has 2 aromatic rings. The molecule has 1 unspecified atom stereocenters. The van der Waals surface area contributed by atoms with Crippen LogP contribution in [0.25, 0.3) is 0 Å². The van der Waals surface area contributed by atoms with Crippen LogP contribution in [0.3, 0.4) is 0 Å². The van der Waals surface area contributed by atoms with Crippen molar-refractivity contribution in [2.75, 3.05) is 45.2 Å². The zero-order valence-electron chi connectivity index (χ0n) is 17.9. The van der Waals surface area contributed by atoms with Gasteiger partial charge in [-0.25, -0.2) is 4.79 Å². The molecule has 32 heavy (non-hydrogen) atoms. The summed E-state index contributed by atoms with van der Waals surface area (Å²) in [5.74, 6) is -0.683. The molecular formula is C22H25ClN4O5. The van der Waals surface area contributed by atoms with Crippen molar-refractivity contribution in [3.05, 3.63) is 68.7 Å². The Morgan fingerprint density at radius 2 is 1.81 bits per heavy atom. The summed E-state index contributed by atoms with van der Waals surface area (Å²) in [5, 5.41) is 14.5. The fourth-order valence-corrected chi connectivity index (χ4v) is 3.85. The molecule has 1 fully saturated rings. The van der Waals surface area contributed by atoms with Crippen molar-refractivity contribution in [3.8, 4) is 0 Å². The Hall–Kier alpha value is -3.01. The van der Waals surface area contributed by atoms with Gasteiger partial charge in [-0.2, -0.15) is 0 Å². The molecule has 0 spiro atoms. The number of rotatable bonds is 7. The summed E-state index contributed by atoms with van der Waals surface area (Å²) in [4.78, 5) is 39.6. The highest BCUT2D eigenvalue weighted by Gasteiger charge is 2.31. The maximum atomic E-state index is 12.5. The molecule has 0 bridgehead atoms. The maximum Gasteiger partial charge on any atom is 0.327 e. The Kier molecular flexibility index (Phi) is 7.79. The number of aryl methyl sites for hydroxylation is 1. The molecule has 0 aliphatic carbocycles. The highest BCUT2D eigenvalue weighted by atomic mass is 35.5. The van der Waals surface area contributed by atoms with Gasteiger partial charge in [-0.3, -0.25) is 24.7 Å². The number of esters is 1. The van der Waals surface area contributed by atoms with Crippen molar-refractivity contribution in [2.45, 2.75) is 13.0 Å². The normalized spacial score (nSPS) is 15.7. The second-order valence-corrected chi connectivity index (χ2v) is 8.05. The molecule has 1 atom stereocenters. The van der Waals surface area contributed by atoms with Crippen LogP contribution in [0.4, 0.5) is 11.4 Å². The predicted molar refractivity (Wildman–Crippen MR) is 121 cm³/mol. The van der Waals surface area contributed by atoms with E-state index >= 15 is 0 Å². The zero-order chi connectivity index (χ0) is 23.3. The highest BCUT2D eigenvalue weighted by molar-refractivity contribution is 6.30. The molecule has 0 radical (unpaired) electrons. The van der Waals surface area contributed by atoms with Crippen molar-refractivity contribution >= 4 is 34.9 Å². The van der Waals surface area contributed by atoms with Crippen LogP contribution >= 0.6 is 11.6 Å². The summed E-state index contributed by atoms with van der Waals surface area (Å²) in [6.45, 7) is 4.09. The summed E-state index contributed by atoms with van der Waals surface area (Å²) in [7, 11) is 1.36. The standard InChI is InChI=1S/C22H25ClN4O5/c1-15-3-8-18(19(13-15)27(30)31)24-20(28)14-25-9-11-26(12-10-25)21(22(29)32-2)16-4-6-17(23)7-5-16/h3-8,13,21H,9-12,14H2,1-2H3,(H,24,28). The summed E-state index contributed by atoms with van der Waals surface area (Å²) in [6.07, 6.45) is 0. The molecule has 1 aliphatic rings. The van der Waals surface area contributed by atoms with Gasteiger partial charge in [0.05, 0.1) is 18.6 Å². The monoisotopic (exact) mass is 460 g/mol. The number of nitrogens with zero attached hydrogens (tertiary/aromatic N) is 3. The minimum atomic E-state index is -0.552. The first-order valence-corrected chi connectivity index (χ1v) is 10.5. The van der Waals surface area contributed by atoms with Gasteiger partial charge in [-0.1, -0.05) is 29.8 Å². The lowest BCUT2D eigenvalue weighted by Gasteiger charge is -2.38. The van der Waals surface area contributed by atoms with E-state index in [4.69, 9.17) is 16.3 Å². The number of hydrogen-bond acceptors (Lipinski definition) is 7. The summed E-state index contributed by atoms with van der Waals surface area (Å²) in [5.41, 5.74) is 1.58. The number of benzene rings is 2. The number of piperazine rings is 1. The number of amides is 1. The average molecular weight is 461 g/mol. The Balaban J connectivity index is 1.60. The van der Waals surface area contributed by atoms with Crippen LogP contribution in [-0.4, -0.2) is 66.4 Å². The molecule has 0 aromatic heterocycles. The average Bonchev–Trinajstić information content (AvgIpc) is 2.77. The molecule has 1 heterocycles. The number of hydrogen-bond donors (Lipinski definition) is 1. The van der Waals surface area contributed by atoms with Gasteiger partial charge in [-0.05, 0) is 36.2 Å². The third-order valence-corrected chi connectivity index (χ3v) is 5.63. The topological polar surface area (TPSA) is 105 Å². The lowest BCUT2D eigenvalue weighted by Crippen LogP contribution is -2.51. The Bertz CT molecular complexity index is 990. The van der Waals surface area contributed by atoms with E-state index < -0.39 is 11.0 Å². The van der Waals surface area contributed by atoms with Gasteiger partial charge in [0.2, 0.25) is 5.91 Å². The van der Waals surface area contributed by atoms with Crippen molar-refractivity contribution in [3.63, 3.8) is 0 Å². The van der Waals surface area contributed by atoms with Crippen LogP contribution in [0, 0.1) is 17.0 Å². The minimum Gasteiger partial charge on any atom is -0.468 e. The van der Waals surface area contributed by atoms with Crippen LogP contribution in [0.15, 0.2) is 42.5 Å². The van der Waals surface area contributed by atoms with Crippen LogP contribution in [0.1, 0.15) is 17.2 Å². The van der Waals surface area contributed by atoms with Gasteiger partial charge in [0.1, 0.15) is 11.7 Å². The first-order valence-electron chi connectivity index (χ1n) is 10.1. The molecule has 170 valence electrons. The van der Waals surface area contributed by atoms with Crippen LogP contribution in [0.2, 0.25) is 5.02 Å². The molecule has 1 saturated heterocycles. The highest BCUT2D eigenvalue weighted by Crippen LogP contribution is 2.26. The molecule has 3 rings (SSSR count). The molecule has 10 heteroatoms. The van der Waals surface area contributed by atoms with E-state index in [1.165, 1.54) is 19.2 Å². The van der Waals surface area contributed by atoms with Crippen molar-refractivity contribution in [1.82, 2.24) is 9.80 Å². The molecular weight excluding hydrogens is 436 g/mol. The van der Waals surface area contributed by atoms with Gasteiger partial charge < -0.3 is 10.1 Å². The molecule has 2 aromatic carbocycles. The Morgan fingerprint density at radius 3 is 2.41 bits per heavy atom. The van der Waals surface area contributed by atoms with E-state index in [1.807, 2.05) is 9.80 Å². The Labute approximate surface area is 191 Å². The molecule has 1 aliphatic heterocycles. The third kappa shape index (κ3) is 5.82. The van der Waals surface area contributed by atoms with Gasteiger partial charge in [0, 0.05) is 37.3 Å². The minimum absolute atomic E-state index is 0.0999. The maximum absolute atomic E-state index is 12.5. The summed E-state index contributed by atoms with van der Waals surface area (Å²) < 4.78 is 5.00. The van der Waals surface area contributed by atoms with Gasteiger partial charge in [0.25, 0.3) is 5.69 Å². The van der Waals surface area contributed by atoms with Crippen molar-refractivity contribution in [1.29, 1.82) is 0 Å². The summed E-state index contributed by atoms with van der Waals surface area (Å²) >= 11 is 5.96. The Morgan fingerprint density at radius 1 is 1.16 bits per heavy atom. The van der Waals surface area contributed by atoms with Crippen LogP contribution in [-0.2, 0) is 14.3 Å². The third-order valence-electron chi connectivity index (χ3n) is 5.37. The van der Waals surface area contributed by atoms with E-state index in [-0.39, 0.29) is 29.8 Å². The quantitative estimate of drug-likeness (QED) is 0.384. The lowest BCUT2D eigenvalue weighted by atomic mass is 10.0. The molecule has 9 nitrogen and oxygen atoms in total. The molecule has 0 saturated carbocycles. The largest absolute Gasteiger partial charge is 0.468 e. The number of halogens is 1. The summed E-state index contributed by atoms with van der Waals surface area (Å²) in [6, 6.07) is 11.2. The van der Waals surface area contributed by atoms with E-state index in [0.717, 1.165) is 11.1 Å². The van der Waals surface area contributed by atoms with Gasteiger partial charge >= 0.3 is 5.97 Å². The number of nitro benzene ring substituents is 1. The van der Waals surface area contributed by atoms with E-state index in [2.05, 4.69) is 5.32 Å². The van der Waals surface area contributed by atoms with Crippen molar-refractivity contribution in [2.24, 2.45) is 0 Å². The zero-order valence-corrected chi connectivity index (χ0v) is 18.7. The first kappa shape index (κ1) is 23.6. The lowest BCUT2D eigenvalue weighted by molar-refractivity contribution is -0.384. The number of methoxy groups -OCH3 is 1. The van der Waals surface area contributed by atoms with Crippen molar-refractivity contribution < 1.29 is 19.2 Å². The van der Waals surface area contributed by atoms with Crippen LogP contribution < -0.4 is 5.32 Å². The number of ether oxygens (including phenoxy) is 1. The number of carbonyl (C=O) groups excluding carboxylic acids is 2. The van der Waals surface area contributed by atoms with Gasteiger partial charge in [0.15, 0.2) is 0 Å². The second kappa shape index (κ2) is 10.5. The molecule has 1 amide bonds. The fraction of sp³-hybridized carbons (Fsp3) is 0.364. The molecule has 1 N–H and O–H groups in total. The van der Waals surface area contributed by atoms with Crippen LogP contribution in [0.5, 0.6) is 0 Å². The number of anilines is 1. The SMILES string of the molecule is COC(=O)C(c1ccc(Cl)cc1)N1CCN(CC(=O)Nc2ccc(C)cc2[N+](=O)[O-])CC1. The van der Waals surface area contributed by atoms with E-state index in [1.54, 1.807) is 37.3 Å². The number of nitrogens with one attached hydrogen (secondary N) is 1. The number of nitro groups is 1. The van der Waals surface area contributed by atoms with E-state index in [9.17, 15) is 19.7 Å². The predicted octanol–water partition coefficient (Wildman–Crippen LogP) is 3.03. The first-order chi connectivity index (χ1) is 15.3.